The minimum absolute atomic E-state index is 0.0336. The summed E-state index contributed by atoms with van der Waals surface area (Å²) in [5.74, 6) is -0.179. The fourth-order valence-corrected chi connectivity index (χ4v) is 4.28. The van der Waals surface area contributed by atoms with Gasteiger partial charge in [-0.05, 0) is 24.5 Å². The third-order valence-electron chi connectivity index (χ3n) is 4.99. The monoisotopic (exact) mass is 386 g/mol. The molecule has 1 aromatic heterocycles. The van der Waals surface area contributed by atoms with E-state index in [1.54, 1.807) is 0 Å². The predicted molar refractivity (Wildman–Crippen MR) is 109 cm³/mol. The van der Waals surface area contributed by atoms with Crippen molar-refractivity contribution in [3.63, 3.8) is 0 Å². The van der Waals surface area contributed by atoms with Crippen LogP contribution in [0, 0.1) is 12.8 Å². The Morgan fingerprint density at radius 3 is 2.52 bits per heavy atom. The fraction of sp³-hybridized carbons (Fsp3) is 0.429. The second kappa shape index (κ2) is 8.67. The Morgan fingerprint density at radius 2 is 1.89 bits per heavy atom. The van der Waals surface area contributed by atoms with E-state index in [9.17, 15) is 9.59 Å². The molecule has 1 aromatic carbocycles. The number of rotatable bonds is 5. The van der Waals surface area contributed by atoms with Crippen LogP contribution in [0.2, 0.25) is 0 Å². The molecule has 2 amide bonds. The van der Waals surface area contributed by atoms with Gasteiger partial charge in [0.25, 0.3) is 5.91 Å². The van der Waals surface area contributed by atoms with E-state index in [0.717, 1.165) is 22.4 Å². The highest BCUT2D eigenvalue weighted by atomic mass is 32.1. The summed E-state index contributed by atoms with van der Waals surface area (Å²) < 4.78 is 5.37. The Kier molecular flexibility index (Phi) is 6.29. The van der Waals surface area contributed by atoms with Gasteiger partial charge in [-0.3, -0.25) is 9.59 Å². The van der Waals surface area contributed by atoms with Gasteiger partial charge in [0.2, 0.25) is 5.91 Å². The Labute approximate surface area is 164 Å². The molecule has 5 nitrogen and oxygen atoms in total. The molecule has 1 aliphatic heterocycles. The molecule has 0 spiro atoms. The van der Waals surface area contributed by atoms with Crippen molar-refractivity contribution in [1.82, 2.24) is 4.90 Å². The predicted octanol–water partition coefficient (Wildman–Crippen LogP) is 4.18. The summed E-state index contributed by atoms with van der Waals surface area (Å²) in [4.78, 5) is 28.6. The van der Waals surface area contributed by atoms with E-state index < -0.39 is 0 Å². The van der Waals surface area contributed by atoms with E-state index >= 15 is 0 Å². The number of hydrogen-bond donors (Lipinski definition) is 1. The SMILES string of the molecule is CC[C@@H](C)C(=O)Nc1sc(-c2ccccc2)c(C)c1C(=O)N1CCOCC1. The first-order chi connectivity index (χ1) is 13.0. The largest absolute Gasteiger partial charge is 0.378 e. The van der Waals surface area contributed by atoms with Crippen molar-refractivity contribution in [3.05, 3.63) is 41.5 Å². The smallest absolute Gasteiger partial charge is 0.257 e. The number of anilines is 1. The number of ether oxygens (including phenoxy) is 1. The molecule has 1 aliphatic rings. The standard InChI is InChI=1S/C21H26N2O3S/c1-4-14(2)19(24)22-20-17(21(25)23-10-12-26-13-11-23)15(3)18(27-20)16-8-6-5-7-9-16/h5-9,14H,4,10-13H2,1-3H3,(H,22,24)/t14-/m1/s1. The van der Waals surface area contributed by atoms with E-state index in [4.69, 9.17) is 4.74 Å². The number of carbonyl (C=O) groups is 2. The van der Waals surface area contributed by atoms with E-state index in [1.165, 1.54) is 11.3 Å². The molecule has 2 aromatic rings. The van der Waals surface area contributed by atoms with E-state index in [0.29, 0.717) is 36.9 Å². The molecule has 0 bridgehead atoms. The summed E-state index contributed by atoms with van der Waals surface area (Å²) in [6.07, 6.45) is 0.758. The van der Waals surface area contributed by atoms with Crippen molar-refractivity contribution in [2.24, 2.45) is 5.92 Å². The van der Waals surface area contributed by atoms with Crippen molar-refractivity contribution in [3.8, 4) is 10.4 Å². The van der Waals surface area contributed by atoms with Gasteiger partial charge in [-0.1, -0.05) is 44.2 Å². The van der Waals surface area contributed by atoms with Crippen molar-refractivity contribution in [2.45, 2.75) is 27.2 Å². The highest BCUT2D eigenvalue weighted by Gasteiger charge is 2.28. The summed E-state index contributed by atoms with van der Waals surface area (Å²) >= 11 is 1.48. The lowest BCUT2D eigenvalue weighted by Crippen LogP contribution is -2.41. The van der Waals surface area contributed by atoms with Gasteiger partial charge in [0.1, 0.15) is 5.00 Å². The van der Waals surface area contributed by atoms with Crippen LogP contribution >= 0.6 is 11.3 Å². The van der Waals surface area contributed by atoms with Gasteiger partial charge < -0.3 is 15.0 Å². The molecular formula is C21H26N2O3S. The zero-order valence-corrected chi connectivity index (χ0v) is 16.9. The zero-order valence-electron chi connectivity index (χ0n) is 16.1. The van der Waals surface area contributed by atoms with Crippen LogP contribution in [0.4, 0.5) is 5.00 Å². The lowest BCUT2D eigenvalue weighted by atomic mass is 10.0. The van der Waals surface area contributed by atoms with Gasteiger partial charge in [-0.15, -0.1) is 11.3 Å². The lowest BCUT2D eigenvalue weighted by molar-refractivity contribution is -0.119. The molecular weight excluding hydrogens is 360 g/mol. The Morgan fingerprint density at radius 1 is 1.22 bits per heavy atom. The molecule has 1 fully saturated rings. The van der Waals surface area contributed by atoms with Crippen LogP contribution in [0.3, 0.4) is 0 Å². The summed E-state index contributed by atoms with van der Waals surface area (Å²) in [5.41, 5.74) is 2.58. The second-order valence-corrected chi connectivity index (χ2v) is 7.85. The van der Waals surface area contributed by atoms with Crippen LogP contribution in [-0.4, -0.2) is 43.0 Å². The Balaban J connectivity index is 2.01. The van der Waals surface area contributed by atoms with E-state index in [-0.39, 0.29) is 17.7 Å². The third-order valence-corrected chi connectivity index (χ3v) is 6.25. The van der Waals surface area contributed by atoms with Crippen LogP contribution in [0.25, 0.3) is 10.4 Å². The van der Waals surface area contributed by atoms with Gasteiger partial charge in [0, 0.05) is 23.9 Å². The van der Waals surface area contributed by atoms with Gasteiger partial charge in [0.05, 0.1) is 18.8 Å². The van der Waals surface area contributed by atoms with Crippen LogP contribution < -0.4 is 5.32 Å². The quantitative estimate of drug-likeness (QED) is 0.839. The van der Waals surface area contributed by atoms with Crippen LogP contribution in [0.15, 0.2) is 30.3 Å². The maximum Gasteiger partial charge on any atom is 0.257 e. The van der Waals surface area contributed by atoms with E-state index in [1.807, 2.05) is 56.0 Å². The van der Waals surface area contributed by atoms with Crippen LogP contribution in [0.5, 0.6) is 0 Å². The molecule has 0 saturated carbocycles. The zero-order chi connectivity index (χ0) is 19.4. The molecule has 0 radical (unpaired) electrons. The summed E-state index contributed by atoms with van der Waals surface area (Å²) in [5, 5.41) is 3.66. The highest BCUT2D eigenvalue weighted by Crippen LogP contribution is 2.40. The van der Waals surface area contributed by atoms with Crippen LogP contribution in [0.1, 0.15) is 36.2 Å². The molecule has 1 N–H and O–H groups in total. The number of amides is 2. The minimum Gasteiger partial charge on any atom is -0.378 e. The number of morpholine rings is 1. The number of hydrogen-bond acceptors (Lipinski definition) is 4. The molecule has 1 saturated heterocycles. The van der Waals surface area contributed by atoms with Gasteiger partial charge >= 0.3 is 0 Å². The first kappa shape index (κ1) is 19.6. The maximum atomic E-state index is 13.2. The Hall–Kier alpha value is -2.18. The first-order valence-electron chi connectivity index (χ1n) is 9.39. The number of carbonyl (C=O) groups excluding carboxylic acids is 2. The summed E-state index contributed by atoms with van der Waals surface area (Å²) in [6.45, 7) is 8.10. The first-order valence-corrected chi connectivity index (χ1v) is 10.2. The van der Waals surface area contributed by atoms with Crippen molar-refractivity contribution < 1.29 is 14.3 Å². The molecule has 2 heterocycles. The van der Waals surface area contributed by atoms with Crippen molar-refractivity contribution >= 4 is 28.2 Å². The van der Waals surface area contributed by atoms with Gasteiger partial charge in [0.15, 0.2) is 0 Å². The highest BCUT2D eigenvalue weighted by molar-refractivity contribution is 7.20. The number of benzene rings is 1. The molecule has 144 valence electrons. The maximum absolute atomic E-state index is 13.2. The topological polar surface area (TPSA) is 58.6 Å². The van der Waals surface area contributed by atoms with Crippen LogP contribution in [-0.2, 0) is 9.53 Å². The van der Waals surface area contributed by atoms with Gasteiger partial charge in [-0.25, -0.2) is 0 Å². The average molecular weight is 387 g/mol. The third kappa shape index (κ3) is 4.22. The molecule has 1 atom stereocenters. The normalized spacial score (nSPS) is 15.4. The van der Waals surface area contributed by atoms with E-state index in [2.05, 4.69) is 5.32 Å². The molecule has 0 unspecified atom stereocenters. The summed E-state index contributed by atoms with van der Waals surface area (Å²) in [7, 11) is 0. The van der Waals surface area contributed by atoms with Crippen molar-refractivity contribution in [2.75, 3.05) is 31.6 Å². The number of nitrogens with zero attached hydrogens (tertiary/aromatic N) is 1. The number of thiophene rings is 1. The number of nitrogens with one attached hydrogen (secondary N) is 1. The van der Waals surface area contributed by atoms with Crippen molar-refractivity contribution in [1.29, 1.82) is 0 Å². The molecule has 27 heavy (non-hydrogen) atoms. The Bertz CT molecular complexity index is 810. The second-order valence-electron chi connectivity index (χ2n) is 6.83. The average Bonchev–Trinajstić information content (AvgIpc) is 3.03. The van der Waals surface area contributed by atoms with Gasteiger partial charge in [-0.2, -0.15) is 0 Å². The lowest BCUT2D eigenvalue weighted by Gasteiger charge is -2.27. The minimum atomic E-state index is -0.0982. The molecule has 3 rings (SSSR count). The molecule has 6 heteroatoms. The fourth-order valence-electron chi connectivity index (χ4n) is 3.07. The summed E-state index contributed by atoms with van der Waals surface area (Å²) in [6, 6.07) is 9.99. The molecule has 0 aliphatic carbocycles.